The molecule has 0 radical (unpaired) electrons. The van der Waals surface area contributed by atoms with Crippen molar-refractivity contribution in [1.82, 2.24) is 0 Å². The van der Waals surface area contributed by atoms with Gasteiger partial charge >= 0.3 is 19.1 Å². The Labute approximate surface area is 157 Å². The molecule has 6 nitrogen and oxygen atoms in total. The monoisotopic (exact) mass is 376 g/mol. The highest BCUT2D eigenvalue weighted by molar-refractivity contribution is 6.63. The van der Waals surface area contributed by atoms with Crippen molar-refractivity contribution in [1.29, 1.82) is 0 Å². The first-order valence-electron chi connectivity index (χ1n) is 8.65. The Morgan fingerprint density at radius 3 is 1.96 bits per heavy atom. The van der Waals surface area contributed by atoms with Crippen LogP contribution in [-0.4, -0.2) is 36.0 Å². The van der Waals surface area contributed by atoms with Crippen molar-refractivity contribution in [2.24, 2.45) is 0 Å². The van der Waals surface area contributed by atoms with Gasteiger partial charge in [0.05, 0.1) is 11.2 Å². The van der Waals surface area contributed by atoms with Gasteiger partial charge in [-0.3, -0.25) is 0 Å². The van der Waals surface area contributed by atoms with Crippen molar-refractivity contribution < 1.29 is 32.8 Å². The van der Waals surface area contributed by atoms with Crippen LogP contribution in [0.15, 0.2) is 23.8 Å². The normalized spacial score (nSPS) is 23.1. The molecule has 2 saturated heterocycles. The van der Waals surface area contributed by atoms with Gasteiger partial charge in [0.25, 0.3) is 5.79 Å². The molecule has 0 amide bonds. The second-order valence-corrected chi connectivity index (χ2v) is 8.10. The van der Waals surface area contributed by atoms with Crippen molar-refractivity contribution in [3.05, 3.63) is 35.2 Å². The van der Waals surface area contributed by atoms with Crippen LogP contribution in [0.5, 0.6) is 0 Å². The van der Waals surface area contributed by atoms with Gasteiger partial charge in [-0.1, -0.05) is 6.07 Å². The Kier molecular flexibility index (Phi) is 4.47. The van der Waals surface area contributed by atoms with E-state index in [1.807, 2.05) is 27.7 Å². The second kappa shape index (κ2) is 6.17. The third-order valence-corrected chi connectivity index (χ3v) is 4.97. The van der Waals surface area contributed by atoms with Crippen molar-refractivity contribution in [3.63, 3.8) is 0 Å². The minimum atomic E-state index is -1.33. The Balaban J connectivity index is 2.01. The zero-order valence-electron chi connectivity index (χ0n) is 16.2. The first kappa shape index (κ1) is 19.6. The molecular formula is C19H22BFO6. The molecule has 0 atom stereocenters. The number of benzene rings is 1. The molecule has 0 aromatic heterocycles. The summed E-state index contributed by atoms with van der Waals surface area (Å²) in [6.45, 7) is 10.4. The highest BCUT2D eigenvalue weighted by atomic mass is 19.1. The summed E-state index contributed by atoms with van der Waals surface area (Å²) in [5.74, 6) is -3.43. The fraction of sp³-hybridized carbons (Fsp3) is 0.474. The van der Waals surface area contributed by atoms with Crippen molar-refractivity contribution >= 4 is 30.6 Å². The van der Waals surface area contributed by atoms with E-state index in [1.165, 1.54) is 38.1 Å². The van der Waals surface area contributed by atoms with E-state index >= 15 is 0 Å². The van der Waals surface area contributed by atoms with E-state index in [0.717, 1.165) is 0 Å². The molecule has 3 rings (SSSR count). The largest absolute Gasteiger partial charge is 0.495 e. The summed E-state index contributed by atoms with van der Waals surface area (Å²) in [7, 11) is -0.857. The maximum Gasteiger partial charge on any atom is 0.495 e. The Hall–Kier alpha value is -2.19. The Morgan fingerprint density at radius 1 is 0.926 bits per heavy atom. The molecule has 2 aliphatic rings. The molecule has 2 fully saturated rings. The van der Waals surface area contributed by atoms with Gasteiger partial charge in [-0.25, -0.2) is 14.0 Å². The number of halogens is 1. The average Bonchev–Trinajstić information content (AvgIpc) is 2.71. The first-order valence-corrected chi connectivity index (χ1v) is 8.65. The van der Waals surface area contributed by atoms with E-state index < -0.39 is 41.9 Å². The van der Waals surface area contributed by atoms with Crippen LogP contribution in [0.25, 0.3) is 6.08 Å². The maximum absolute atomic E-state index is 13.9. The molecule has 0 saturated carbocycles. The predicted molar refractivity (Wildman–Crippen MR) is 96.4 cm³/mol. The van der Waals surface area contributed by atoms with Gasteiger partial charge in [0.15, 0.2) is 0 Å². The third kappa shape index (κ3) is 3.64. The van der Waals surface area contributed by atoms with Gasteiger partial charge in [-0.15, -0.1) is 0 Å². The van der Waals surface area contributed by atoms with Gasteiger partial charge in [0.1, 0.15) is 11.4 Å². The first-order chi connectivity index (χ1) is 12.3. The lowest BCUT2D eigenvalue weighted by atomic mass is 9.75. The number of carbonyl (C=O) groups excluding carboxylic acids is 2. The summed E-state index contributed by atoms with van der Waals surface area (Å²) in [6, 6.07) is 3.94. The predicted octanol–water partition coefficient (Wildman–Crippen LogP) is 2.34. The minimum Gasteiger partial charge on any atom is -0.419 e. The zero-order valence-corrected chi connectivity index (χ0v) is 16.2. The summed E-state index contributed by atoms with van der Waals surface area (Å²) in [5, 5.41) is 0. The number of esters is 2. The number of cyclic esters (lactones) is 2. The molecule has 0 N–H and O–H groups in total. The van der Waals surface area contributed by atoms with Gasteiger partial charge < -0.3 is 18.8 Å². The summed E-state index contributed by atoms with van der Waals surface area (Å²) in [4.78, 5) is 24.4. The fourth-order valence-electron chi connectivity index (χ4n) is 2.79. The molecule has 0 bridgehead atoms. The number of rotatable bonds is 2. The molecule has 1 aromatic rings. The second-order valence-electron chi connectivity index (χ2n) is 8.10. The van der Waals surface area contributed by atoms with Gasteiger partial charge in [-0.2, -0.15) is 0 Å². The van der Waals surface area contributed by atoms with Crippen LogP contribution in [0, 0.1) is 5.82 Å². The molecule has 2 heterocycles. The highest BCUT2D eigenvalue weighted by Gasteiger charge is 2.52. The molecule has 1 aromatic carbocycles. The number of carbonyl (C=O) groups is 2. The molecule has 27 heavy (non-hydrogen) atoms. The smallest absolute Gasteiger partial charge is 0.419 e. The lowest BCUT2D eigenvalue weighted by Gasteiger charge is -2.32. The fourth-order valence-corrected chi connectivity index (χ4v) is 2.79. The van der Waals surface area contributed by atoms with E-state index in [9.17, 15) is 14.0 Å². The van der Waals surface area contributed by atoms with E-state index in [0.29, 0.717) is 11.0 Å². The van der Waals surface area contributed by atoms with Gasteiger partial charge in [0.2, 0.25) is 0 Å². The van der Waals surface area contributed by atoms with Crippen LogP contribution in [0.4, 0.5) is 4.39 Å². The molecule has 0 unspecified atom stereocenters. The quantitative estimate of drug-likeness (QED) is 0.342. The van der Waals surface area contributed by atoms with Gasteiger partial charge in [-0.05, 0) is 56.9 Å². The summed E-state index contributed by atoms with van der Waals surface area (Å²) in [6.07, 6.45) is 1.31. The molecule has 144 valence electrons. The number of hydrogen-bond acceptors (Lipinski definition) is 6. The third-order valence-electron chi connectivity index (χ3n) is 4.97. The van der Waals surface area contributed by atoms with Crippen LogP contribution < -0.4 is 5.46 Å². The zero-order chi connectivity index (χ0) is 20.2. The molecule has 2 aliphatic heterocycles. The SMILES string of the molecule is CC1(C)OC(=O)C(=Cc2ccc(F)cc2B2OC(C)(C)C(C)(C)O2)C(=O)O1. The van der Waals surface area contributed by atoms with E-state index in [2.05, 4.69) is 0 Å². The van der Waals surface area contributed by atoms with Crippen LogP contribution >= 0.6 is 0 Å². The number of ether oxygens (including phenoxy) is 2. The molecule has 0 aliphatic carbocycles. The van der Waals surface area contributed by atoms with E-state index in [-0.39, 0.29) is 5.57 Å². The molecule has 8 heteroatoms. The lowest BCUT2D eigenvalue weighted by molar-refractivity contribution is -0.222. The summed E-state index contributed by atoms with van der Waals surface area (Å²) >= 11 is 0. The van der Waals surface area contributed by atoms with Crippen LogP contribution in [0.2, 0.25) is 0 Å². The minimum absolute atomic E-state index is 0.279. The van der Waals surface area contributed by atoms with Gasteiger partial charge in [0, 0.05) is 13.8 Å². The van der Waals surface area contributed by atoms with Crippen LogP contribution in [0.1, 0.15) is 47.1 Å². The topological polar surface area (TPSA) is 71.1 Å². The average molecular weight is 376 g/mol. The standard InChI is InChI=1S/C19H22BFO6/c1-17(2)18(3,4)27-20(26-17)14-10-12(21)8-7-11(14)9-13-15(22)24-19(5,6)25-16(13)23/h7-10H,1-6H3. The van der Waals surface area contributed by atoms with Crippen LogP contribution in [-0.2, 0) is 28.4 Å². The molecular weight excluding hydrogens is 354 g/mol. The Morgan fingerprint density at radius 2 is 1.44 bits per heavy atom. The van der Waals surface area contributed by atoms with Crippen molar-refractivity contribution in [3.8, 4) is 0 Å². The van der Waals surface area contributed by atoms with E-state index in [1.54, 1.807) is 0 Å². The van der Waals surface area contributed by atoms with Crippen molar-refractivity contribution in [2.45, 2.75) is 58.5 Å². The lowest BCUT2D eigenvalue weighted by Crippen LogP contribution is -2.42. The van der Waals surface area contributed by atoms with Crippen molar-refractivity contribution in [2.75, 3.05) is 0 Å². The highest BCUT2D eigenvalue weighted by Crippen LogP contribution is 2.37. The molecule has 0 spiro atoms. The Bertz CT molecular complexity index is 805. The van der Waals surface area contributed by atoms with E-state index in [4.69, 9.17) is 18.8 Å². The maximum atomic E-state index is 13.9. The van der Waals surface area contributed by atoms with Crippen LogP contribution in [0.3, 0.4) is 0 Å². The number of hydrogen-bond donors (Lipinski definition) is 0. The summed E-state index contributed by atoms with van der Waals surface area (Å²) < 4.78 is 36.0. The summed E-state index contributed by atoms with van der Waals surface area (Å²) in [5.41, 5.74) is -0.758.